The molecule has 0 bridgehead atoms. The van der Waals surface area contributed by atoms with Crippen LogP contribution >= 0.6 is 15.9 Å². The Hall–Kier alpha value is -0.900. The molecule has 1 aromatic rings. The smallest absolute Gasteiger partial charge is 0.269 e. The number of aromatic nitrogens is 1. The minimum absolute atomic E-state index is 0.0945. The predicted molar refractivity (Wildman–Crippen MR) is 45.3 cm³/mol. The number of carbonyl (C=O) groups excluding carboxylic acids is 1. The van der Waals surface area contributed by atoms with Gasteiger partial charge in [0.15, 0.2) is 0 Å². The number of nitrogens with zero attached hydrogens (tertiary/aromatic N) is 1. The monoisotopic (exact) mass is 217 g/mol. The highest BCUT2D eigenvalue weighted by Crippen LogP contribution is 2.05. The summed E-state index contributed by atoms with van der Waals surface area (Å²) >= 11 is 2.95. The van der Waals surface area contributed by atoms with Crippen molar-refractivity contribution in [3.63, 3.8) is 0 Å². The second-order valence-electron chi connectivity index (χ2n) is 1.71. The Bertz CT molecular complexity index is 397. The van der Waals surface area contributed by atoms with E-state index < -0.39 is 5.91 Å². The van der Waals surface area contributed by atoms with E-state index in [1.807, 2.05) is 0 Å². The highest BCUT2D eigenvalue weighted by atomic mass is 79.9. The number of amides is 1. The molecule has 1 aromatic heterocycles. The summed E-state index contributed by atoms with van der Waals surface area (Å²) in [5, 5.41) is 2.31. The maximum absolute atomic E-state index is 11.2. The first-order chi connectivity index (χ1) is 6.49. The lowest BCUT2D eigenvalue weighted by molar-refractivity contribution is 0.0958. The molecule has 3 nitrogen and oxygen atoms in total. The zero-order valence-corrected chi connectivity index (χ0v) is 7.32. The number of rotatable bonds is 1. The fourth-order valence-electron chi connectivity index (χ4n) is 0.522. The summed E-state index contributed by atoms with van der Waals surface area (Å²) in [6.45, 7) is 0. The molecule has 4 heteroatoms. The summed E-state index contributed by atoms with van der Waals surface area (Å²) in [7, 11) is 1.41. The number of nitrogens with one attached hydrogen (secondary N) is 1. The first-order valence-electron chi connectivity index (χ1n) is 4.34. The van der Waals surface area contributed by atoms with Crippen LogP contribution in [0.15, 0.2) is 22.7 Å². The van der Waals surface area contributed by atoms with Crippen molar-refractivity contribution in [2.24, 2.45) is 0 Å². The molecule has 58 valence electrons. The molecule has 1 amide bonds. The number of hydrogen-bond acceptors (Lipinski definition) is 2. The van der Waals surface area contributed by atoms with Gasteiger partial charge in [0.1, 0.15) is 10.3 Å². The zero-order valence-electron chi connectivity index (χ0n) is 8.73. The molecule has 0 aliphatic heterocycles. The standard InChI is InChI=1S/C7H7BrN2O/c1-9-7(11)5-3-2-4-6(8)10-5/h2-4H,1H3,(H,9,11)/i2D,3D,4D. The van der Waals surface area contributed by atoms with Gasteiger partial charge in [-0.15, -0.1) is 0 Å². The van der Waals surface area contributed by atoms with Gasteiger partial charge < -0.3 is 5.32 Å². The van der Waals surface area contributed by atoms with Crippen LogP contribution in [0.4, 0.5) is 0 Å². The van der Waals surface area contributed by atoms with Crippen LogP contribution in [0.2, 0.25) is 0 Å². The van der Waals surface area contributed by atoms with Gasteiger partial charge in [-0.2, -0.15) is 0 Å². The molecular formula is C7H7BrN2O. The van der Waals surface area contributed by atoms with Crippen LogP contribution in [0.1, 0.15) is 14.6 Å². The Kier molecular flexibility index (Phi) is 1.54. The van der Waals surface area contributed by atoms with Crippen molar-refractivity contribution >= 4 is 21.8 Å². The fraction of sp³-hybridized carbons (Fsp3) is 0.143. The van der Waals surface area contributed by atoms with Gasteiger partial charge >= 0.3 is 0 Å². The van der Waals surface area contributed by atoms with E-state index in [1.165, 1.54) is 7.05 Å². The molecule has 0 atom stereocenters. The number of carbonyl (C=O) groups is 1. The zero-order chi connectivity index (χ0) is 10.9. The van der Waals surface area contributed by atoms with Gasteiger partial charge in [0.2, 0.25) is 0 Å². The van der Waals surface area contributed by atoms with Gasteiger partial charge in [-0.3, -0.25) is 4.79 Å². The summed E-state index contributed by atoms with van der Waals surface area (Å²) in [6, 6.07) is -0.842. The van der Waals surface area contributed by atoms with Gasteiger partial charge in [-0.25, -0.2) is 4.98 Å². The minimum atomic E-state index is -0.538. The lowest BCUT2D eigenvalue weighted by atomic mass is 10.3. The van der Waals surface area contributed by atoms with Crippen molar-refractivity contribution in [2.45, 2.75) is 0 Å². The largest absolute Gasteiger partial charge is 0.354 e. The molecule has 0 fully saturated rings. The average Bonchev–Trinajstić information content (AvgIpc) is 2.19. The van der Waals surface area contributed by atoms with Crippen molar-refractivity contribution in [3.05, 3.63) is 28.4 Å². The third-order valence-corrected chi connectivity index (χ3v) is 1.37. The second kappa shape index (κ2) is 3.48. The SMILES string of the molecule is [2H]c1c(Br)nc(C(=O)NC)c([2H])c1[2H]. The van der Waals surface area contributed by atoms with Crippen LogP contribution in [0.5, 0.6) is 0 Å². The van der Waals surface area contributed by atoms with Crippen molar-refractivity contribution in [1.29, 1.82) is 0 Å². The van der Waals surface area contributed by atoms with E-state index in [0.29, 0.717) is 0 Å². The van der Waals surface area contributed by atoms with Crippen molar-refractivity contribution in [2.75, 3.05) is 7.05 Å². The third kappa shape index (κ3) is 2.01. The quantitative estimate of drug-likeness (QED) is 0.719. The average molecular weight is 218 g/mol. The molecule has 1 rings (SSSR count). The Labute approximate surface area is 77.2 Å². The van der Waals surface area contributed by atoms with E-state index in [1.54, 1.807) is 0 Å². The molecule has 1 N–H and O–H groups in total. The lowest BCUT2D eigenvalue weighted by Gasteiger charge is -1.97. The summed E-state index contributed by atoms with van der Waals surface area (Å²) < 4.78 is 22.2. The molecule has 0 unspecified atom stereocenters. The maximum Gasteiger partial charge on any atom is 0.269 e. The number of halogens is 1. The topological polar surface area (TPSA) is 42.0 Å². The highest BCUT2D eigenvalue weighted by Gasteiger charge is 2.02. The van der Waals surface area contributed by atoms with E-state index in [0.717, 1.165) is 0 Å². The maximum atomic E-state index is 11.2. The molecule has 0 aliphatic carbocycles. The Morgan fingerprint density at radius 3 is 3.18 bits per heavy atom. The summed E-state index contributed by atoms with van der Waals surface area (Å²) in [6.07, 6.45) is 0. The Morgan fingerprint density at radius 2 is 2.55 bits per heavy atom. The number of hydrogen-bond donors (Lipinski definition) is 1. The molecule has 11 heavy (non-hydrogen) atoms. The van der Waals surface area contributed by atoms with E-state index in [9.17, 15) is 4.79 Å². The van der Waals surface area contributed by atoms with Crippen LogP contribution in [-0.4, -0.2) is 17.9 Å². The fourth-order valence-corrected chi connectivity index (χ4v) is 0.798. The number of pyridine rings is 1. The highest BCUT2D eigenvalue weighted by molar-refractivity contribution is 9.10. The van der Waals surface area contributed by atoms with Crippen molar-refractivity contribution < 1.29 is 8.91 Å². The van der Waals surface area contributed by atoms with Crippen molar-refractivity contribution in [3.8, 4) is 0 Å². The molecule has 0 aromatic carbocycles. The summed E-state index contributed by atoms with van der Waals surface area (Å²) in [5.41, 5.74) is -0.152. The molecule has 0 aliphatic rings. The lowest BCUT2D eigenvalue weighted by Crippen LogP contribution is -2.18. The first-order valence-corrected chi connectivity index (χ1v) is 3.63. The van der Waals surface area contributed by atoms with Crippen LogP contribution < -0.4 is 5.32 Å². The Morgan fingerprint density at radius 1 is 1.82 bits per heavy atom. The van der Waals surface area contributed by atoms with E-state index >= 15 is 0 Å². The normalized spacial score (nSPS) is 13.1. The predicted octanol–water partition coefficient (Wildman–Crippen LogP) is 1.20. The van der Waals surface area contributed by atoms with Crippen LogP contribution in [0.25, 0.3) is 0 Å². The molecule has 0 radical (unpaired) electrons. The van der Waals surface area contributed by atoms with Gasteiger partial charge in [-0.1, -0.05) is 6.04 Å². The minimum Gasteiger partial charge on any atom is -0.354 e. The van der Waals surface area contributed by atoms with Gasteiger partial charge in [-0.05, 0) is 28.0 Å². The van der Waals surface area contributed by atoms with E-state index in [4.69, 9.17) is 4.11 Å². The molecule has 0 saturated carbocycles. The van der Waals surface area contributed by atoms with E-state index in [-0.39, 0.29) is 28.4 Å². The van der Waals surface area contributed by atoms with Crippen LogP contribution in [0, 0.1) is 0 Å². The third-order valence-electron chi connectivity index (χ3n) is 0.999. The van der Waals surface area contributed by atoms with Crippen molar-refractivity contribution in [1.82, 2.24) is 10.3 Å². The first kappa shape index (κ1) is 4.87. The van der Waals surface area contributed by atoms with Crippen LogP contribution in [-0.2, 0) is 0 Å². The van der Waals surface area contributed by atoms with Gasteiger partial charge in [0, 0.05) is 7.05 Å². The molecule has 1 heterocycles. The van der Waals surface area contributed by atoms with Gasteiger partial charge in [0.25, 0.3) is 5.91 Å². The Balaban J connectivity index is 3.40. The summed E-state index contributed by atoms with van der Waals surface area (Å²) in [5.74, 6) is -0.538. The molecule has 0 spiro atoms. The second-order valence-corrected chi connectivity index (χ2v) is 2.46. The van der Waals surface area contributed by atoms with Gasteiger partial charge in [0.05, 0.1) is 4.11 Å². The molecular weight excluding hydrogens is 208 g/mol. The van der Waals surface area contributed by atoms with E-state index in [2.05, 4.69) is 26.2 Å². The summed E-state index contributed by atoms with van der Waals surface area (Å²) in [4.78, 5) is 14.9. The molecule has 0 saturated heterocycles. The van der Waals surface area contributed by atoms with Crippen LogP contribution in [0.3, 0.4) is 0 Å².